The Balaban J connectivity index is 0.882. The average Bonchev–Trinajstić information content (AvgIpc) is 1.68. The number of fused-ring (bicyclic) bond motifs is 7. The van der Waals surface area contributed by atoms with Gasteiger partial charge in [-0.05, 0) is 39.4 Å². The standard InChI is InChI=1S/C78H49N5O.Pt/c1-5-23-53(24-6-1)62-36-22-37-63(54-25-7-2-8-26-54)77(62)57-45-46-79-76(47-57)83-72-40-18-15-35-66(72)67-44-43-61(51-75(67)83)84-60-32-21-31-58(48-60)80-52-81(74-42-20-19-41-73(74)80)78-68(55-27-9-3-10-28-55)49-59(50-69(78)56-29-11-4-12-30-56)82-70-38-16-13-33-64(70)65-34-14-17-39-71(65)82;/h1-47,49-50H;/q-2;/i3D,4D,9D,10D,11D,12D,27D,28D,29D,30D;. The van der Waals surface area contributed by atoms with Crippen LogP contribution in [0.15, 0.2) is 297 Å². The van der Waals surface area contributed by atoms with Gasteiger partial charge >= 0.3 is 382 Å². The van der Waals surface area contributed by atoms with Crippen LogP contribution in [-0.2, 0) is 19.4 Å². The van der Waals surface area contributed by atoms with Crippen LogP contribution in [0.1, 0.15) is 13.7 Å². The molecule has 0 saturated carbocycles. The van der Waals surface area contributed by atoms with Crippen LogP contribution < -0.4 is 4.74 Å². The topological polar surface area (TPSA) is 41.8 Å². The molecule has 0 aliphatic heterocycles. The first-order chi connectivity index (χ1) is 46.2. The van der Waals surface area contributed by atoms with E-state index in [0.29, 0.717) is 43.5 Å². The predicted molar refractivity (Wildman–Crippen MR) is 344 cm³/mol. The Hall–Kier alpha value is -10.7. The van der Waals surface area contributed by atoms with E-state index < -0.39 is 60.4 Å². The second-order valence-corrected chi connectivity index (χ2v) is 21.5. The van der Waals surface area contributed by atoms with E-state index in [-0.39, 0.29) is 27.9 Å². The molecule has 0 amide bonds. The van der Waals surface area contributed by atoms with Gasteiger partial charge in [0, 0.05) is 6.20 Å². The predicted octanol–water partition coefficient (Wildman–Crippen LogP) is 19.8. The summed E-state index contributed by atoms with van der Waals surface area (Å²) in [6, 6.07) is 77.6. The van der Waals surface area contributed by atoms with Gasteiger partial charge in [-0.1, -0.05) is 91.0 Å². The molecule has 0 atom stereocenters. The van der Waals surface area contributed by atoms with Crippen LogP contribution >= 0.6 is 0 Å². The van der Waals surface area contributed by atoms with Crippen LogP contribution in [0.4, 0.5) is 0 Å². The molecule has 0 bridgehead atoms. The van der Waals surface area contributed by atoms with Crippen molar-refractivity contribution < 1.29 is 37.8 Å². The minimum absolute atomic E-state index is 0.134. The number of rotatable bonds is 11. The monoisotopic (exact) mass is 1280 g/mol. The summed E-state index contributed by atoms with van der Waals surface area (Å²) in [5, 5.41) is 3.78. The van der Waals surface area contributed by atoms with E-state index in [9.17, 15) is 5.48 Å². The molecule has 4 heterocycles. The first-order valence-electron chi connectivity index (χ1n) is 32.6. The quantitative estimate of drug-likeness (QED) is 0.121. The summed E-state index contributed by atoms with van der Waals surface area (Å²) < 4.78 is 107. The van der Waals surface area contributed by atoms with Gasteiger partial charge in [-0.3, -0.25) is 0 Å². The molecule has 16 aromatic rings. The zero-order chi connectivity index (χ0) is 65.1. The van der Waals surface area contributed by atoms with Crippen LogP contribution in [0.3, 0.4) is 0 Å². The Kier molecular flexibility index (Phi) is 9.99. The normalized spacial score (nSPS) is 13.2. The van der Waals surface area contributed by atoms with Crippen molar-refractivity contribution in [2.24, 2.45) is 0 Å². The molecule has 0 saturated heterocycles. The maximum absolute atomic E-state index is 9.62. The maximum atomic E-state index is 9.62. The Morgan fingerprint density at radius 3 is 1.48 bits per heavy atom. The summed E-state index contributed by atoms with van der Waals surface area (Å²) >= 11 is 2.19. The van der Waals surface area contributed by atoms with E-state index in [1.165, 1.54) is 0 Å². The van der Waals surface area contributed by atoms with Crippen LogP contribution in [0.5, 0.6) is 11.5 Å². The van der Waals surface area contributed by atoms with Crippen molar-refractivity contribution in [1.29, 1.82) is 0 Å². The number of hydrogen-bond acceptors (Lipinski definition) is 2. The molecule has 85 heavy (non-hydrogen) atoms. The van der Waals surface area contributed by atoms with Crippen molar-refractivity contribution in [3.05, 3.63) is 313 Å². The summed E-state index contributed by atoms with van der Waals surface area (Å²) in [7, 11) is 0. The number of aromatic nitrogens is 5. The number of imidazole rings is 1. The fourth-order valence-corrected chi connectivity index (χ4v) is 13.2. The van der Waals surface area contributed by atoms with Gasteiger partial charge in [0.25, 0.3) is 0 Å². The van der Waals surface area contributed by atoms with Crippen LogP contribution in [-0.4, -0.2) is 23.3 Å². The molecule has 404 valence electrons. The van der Waals surface area contributed by atoms with Gasteiger partial charge in [0.2, 0.25) is 0 Å². The molecule has 4 aromatic heterocycles. The fourth-order valence-electron chi connectivity index (χ4n) is 12.1. The SMILES string of the molecule is [2H]c1c([2H])c([2H])c(-c2cc(-n3c4ccccc4c4ccccc43)cc(-c3c([2H])c([2H])c([2H])c([2H])c3[2H])c2-n2[c](=[Pt])n(-c3[c-]c(Oc4[c-]c5c(cc4)c4ccccc4n5-c4cc(-c5c(-c6ccccc6)cccc5-c5ccccc5)ccn4)ccc3)c3ccccc32)c([2H])c1[2H]. The number of pyridine rings is 1. The third-order valence-electron chi connectivity index (χ3n) is 15.7. The molecule has 0 fully saturated rings. The number of benzene rings is 12. The third kappa shape index (κ3) is 8.60. The molecule has 0 unspecified atom stereocenters. The Bertz CT molecular complexity index is 5680. The van der Waals surface area contributed by atoms with Crippen molar-refractivity contribution in [3.8, 4) is 90.0 Å². The molecule has 0 aliphatic rings. The van der Waals surface area contributed by atoms with Crippen molar-refractivity contribution in [2.75, 3.05) is 0 Å². The summed E-state index contributed by atoms with van der Waals surface area (Å²) in [5.41, 5.74) is 12.0. The Morgan fingerprint density at radius 2 is 0.882 bits per heavy atom. The van der Waals surface area contributed by atoms with Crippen LogP contribution in [0, 0.1) is 15.9 Å². The van der Waals surface area contributed by atoms with Gasteiger partial charge in [0.1, 0.15) is 0 Å². The summed E-state index contributed by atoms with van der Waals surface area (Å²) in [6.07, 6.45) is 1.85. The van der Waals surface area contributed by atoms with Gasteiger partial charge in [-0.15, -0.1) is 0 Å². The van der Waals surface area contributed by atoms with Gasteiger partial charge in [-0.2, -0.15) is 0 Å². The third-order valence-corrected chi connectivity index (χ3v) is 16.7. The van der Waals surface area contributed by atoms with E-state index in [4.69, 9.17) is 17.9 Å². The summed E-state index contributed by atoms with van der Waals surface area (Å²) in [4.78, 5) is 5.05. The number of para-hydroxylation sites is 5. The first-order valence-corrected chi connectivity index (χ1v) is 28.8. The molecule has 0 aliphatic carbocycles. The Labute approximate surface area is 516 Å². The van der Waals surface area contributed by atoms with E-state index in [0.717, 1.165) is 77.0 Å². The summed E-state index contributed by atoms with van der Waals surface area (Å²) in [6.45, 7) is 0. The molecular formula is C78H49N5OPt-2. The van der Waals surface area contributed by atoms with Crippen molar-refractivity contribution >= 4 is 54.6 Å². The number of hydrogen-bond donors (Lipinski definition) is 0. The second kappa shape index (κ2) is 21.0. The molecular weight excluding hydrogens is 1220 g/mol. The molecule has 0 spiro atoms. The van der Waals surface area contributed by atoms with Gasteiger partial charge in [0.15, 0.2) is 0 Å². The molecule has 0 radical (unpaired) electrons. The van der Waals surface area contributed by atoms with Crippen LogP contribution in [0.25, 0.3) is 133 Å². The van der Waals surface area contributed by atoms with E-state index >= 15 is 0 Å². The zero-order valence-corrected chi connectivity index (χ0v) is 47.2. The number of nitrogens with zero attached hydrogens (tertiary/aromatic N) is 5. The van der Waals surface area contributed by atoms with Crippen molar-refractivity contribution in [2.45, 2.75) is 0 Å². The molecule has 7 heteroatoms. The Morgan fingerprint density at radius 1 is 0.376 bits per heavy atom. The minimum atomic E-state index is -0.590. The summed E-state index contributed by atoms with van der Waals surface area (Å²) in [5.74, 6) is 1.44. The average molecular weight is 1280 g/mol. The second-order valence-electron chi connectivity index (χ2n) is 20.5. The van der Waals surface area contributed by atoms with Crippen molar-refractivity contribution in [1.82, 2.24) is 23.3 Å². The fraction of sp³-hybridized carbons (Fsp3) is 0. The molecule has 12 aromatic carbocycles. The van der Waals surface area contributed by atoms with Crippen molar-refractivity contribution in [3.63, 3.8) is 0 Å². The van der Waals surface area contributed by atoms with Gasteiger partial charge in [-0.25, -0.2) is 0 Å². The van der Waals surface area contributed by atoms with E-state index in [2.05, 4.69) is 127 Å². The van der Waals surface area contributed by atoms with Gasteiger partial charge in [0.05, 0.1) is 0 Å². The molecule has 6 nitrogen and oxygen atoms in total. The molecule has 0 N–H and O–H groups in total. The van der Waals surface area contributed by atoms with Crippen LogP contribution in [0.2, 0.25) is 0 Å². The zero-order valence-electron chi connectivity index (χ0n) is 55.0. The van der Waals surface area contributed by atoms with Gasteiger partial charge < -0.3 is 0 Å². The first kappa shape index (κ1) is 40.5. The molecule has 16 rings (SSSR count). The van der Waals surface area contributed by atoms with E-state index in [1.54, 1.807) is 12.1 Å². The van der Waals surface area contributed by atoms with E-state index in [1.807, 2.05) is 147 Å². The number of ether oxygens (including phenoxy) is 1.